The van der Waals surface area contributed by atoms with Crippen molar-refractivity contribution in [2.75, 3.05) is 6.54 Å². The van der Waals surface area contributed by atoms with Gasteiger partial charge in [-0.3, -0.25) is 19.8 Å². The molecule has 2 amide bonds. The lowest BCUT2D eigenvalue weighted by atomic mass is 10.1. The van der Waals surface area contributed by atoms with Gasteiger partial charge in [0.2, 0.25) is 0 Å². The maximum atomic E-state index is 12.7. The largest absolute Gasteiger partial charge is 0.318 e. The van der Waals surface area contributed by atoms with Crippen molar-refractivity contribution in [3.8, 4) is 5.69 Å². The van der Waals surface area contributed by atoms with Crippen LogP contribution >= 0.6 is 34.8 Å². The van der Waals surface area contributed by atoms with Crippen molar-refractivity contribution in [1.29, 1.82) is 0 Å². The summed E-state index contributed by atoms with van der Waals surface area (Å²) in [5, 5.41) is 2.67. The van der Waals surface area contributed by atoms with E-state index in [2.05, 4.69) is 39.1 Å². The minimum Gasteiger partial charge on any atom is -0.318 e. The van der Waals surface area contributed by atoms with E-state index in [1.165, 1.54) is 4.90 Å². The smallest absolute Gasteiger partial charge is 0.265 e. The Balaban J connectivity index is 2.04. The van der Waals surface area contributed by atoms with Gasteiger partial charge in [0.05, 0.1) is 0 Å². The zero-order valence-electron chi connectivity index (χ0n) is 15.0. The molecule has 2 aromatic rings. The summed E-state index contributed by atoms with van der Waals surface area (Å²) in [7, 11) is 0. The quantitative estimate of drug-likeness (QED) is 0.234. The van der Waals surface area contributed by atoms with Crippen LogP contribution in [0.5, 0.6) is 0 Å². The van der Waals surface area contributed by atoms with E-state index in [0.717, 1.165) is 26.2 Å². The third-order valence-electron chi connectivity index (χ3n) is 4.35. The molecule has 3 rings (SSSR count). The number of carbonyl (C=O) groups is 2. The number of halogens is 1. The molecule has 1 N–H and O–H groups in total. The third kappa shape index (κ3) is 3.74. The number of thiocarbonyl (C=S) groups is 1. The van der Waals surface area contributed by atoms with Crippen molar-refractivity contribution in [2.45, 2.75) is 13.8 Å². The van der Waals surface area contributed by atoms with Gasteiger partial charge in [0, 0.05) is 27.2 Å². The van der Waals surface area contributed by atoms with Gasteiger partial charge in [0.25, 0.3) is 11.8 Å². The zero-order valence-corrected chi connectivity index (χ0v) is 17.9. The second-order valence-corrected chi connectivity index (χ2v) is 7.79. The van der Waals surface area contributed by atoms with Gasteiger partial charge in [-0.25, -0.2) is 0 Å². The number of benzene rings is 1. The molecule has 1 aliphatic heterocycles. The van der Waals surface area contributed by atoms with E-state index in [4.69, 9.17) is 12.2 Å². The van der Waals surface area contributed by atoms with Crippen molar-refractivity contribution < 1.29 is 9.59 Å². The monoisotopic (exact) mass is 491 g/mol. The SMILES string of the molecule is C=CCN1C(=O)/C(=C\c2cc(C)n(-c3ccc(I)cc3)c2C)C(=O)NC1=S. The number of aromatic nitrogens is 1. The number of hydrogen-bond acceptors (Lipinski definition) is 3. The molecule has 1 fully saturated rings. The number of amides is 2. The standard InChI is InChI=1S/C20H18IN3O2S/c1-4-9-23-19(26)17(18(25)22-20(23)27)11-14-10-12(2)24(13(14)3)16-7-5-15(21)6-8-16/h4-8,10-11H,1,9H2,2-3H3,(H,22,25,27)/b17-11-. The number of nitrogens with one attached hydrogen (secondary N) is 1. The Morgan fingerprint density at radius 3 is 2.52 bits per heavy atom. The molecule has 2 heterocycles. The maximum Gasteiger partial charge on any atom is 0.265 e. The molecular formula is C20H18IN3O2S. The lowest BCUT2D eigenvalue weighted by Crippen LogP contribution is -2.53. The highest BCUT2D eigenvalue weighted by Gasteiger charge is 2.32. The molecule has 7 heteroatoms. The number of aryl methyl sites for hydroxylation is 1. The molecule has 1 aromatic carbocycles. The Morgan fingerprint density at radius 2 is 1.89 bits per heavy atom. The Morgan fingerprint density at radius 1 is 1.22 bits per heavy atom. The highest BCUT2D eigenvalue weighted by Crippen LogP contribution is 2.24. The van der Waals surface area contributed by atoms with Gasteiger partial charge < -0.3 is 4.57 Å². The predicted molar refractivity (Wildman–Crippen MR) is 119 cm³/mol. The van der Waals surface area contributed by atoms with Crippen LogP contribution in [-0.4, -0.2) is 32.9 Å². The first kappa shape index (κ1) is 19.5. The lowest BCUT2D eigenvalue weighted by Gasteiger charge is -2.27. The second-order valence-electron chi connectivity index (χ2n) is 6.16. The van der Waals surface area contributed by atoms with E-state index in [-0.39, 0.29) is 17.2 Å². The van der Waals surface area contributed by atoms with E-state index < -0.39 is 11.8 Å². The molecule has 0 spiro atoms. The van der Waals surface area contributed by atoms with Gasteiger partial charge >= 0.3 is 0 Å². The second kappa shape index (κ2) is 7.77. The van der Waals surface area contributed by atoms with Crippen molar-refractivity contribution >= 4 is 57.8 Å². The van der Waals surface area contributed by atoms with Crippen LogP contribution in [-0.2, 0) is 9.59 Å². The fraction of sp³-hybridized carbons (Fsp3) is 0.150. The van der Waals surface area contributed by atoms with E-state index in [9.17, 15) is 9.59 Å². The normalized spacial score (nSPS) is 16.0. The van der Waals surface area contributed by atoms with Crippen molar-refractivity contribution in [2.24, 2.45) is 0 Å². The van der Waals surface area contributed by atoms with Crippen molar-refractivity contribution in [3.05, 3.63) is 69.1 Å². The van der Waals surface area contributed by atoms with Gasteiger partial charge in [0.15, 0.2) is 5.11 Å². The van der Waals surface area contributed by atoms with Crippen LogP contribution in [0, 0.1) is 17.4 Å². The fourth-order valence-electron chi connectivity index (χ4n) is 3.07. The van der Waals surface area contributed by atoms with Gasteiger partial charge in [-0.15, -0.1) is 6.58 Å². The number of rotatable bonds is 4. The summed E-state index contributed by atoms with van der Waals surface area (Å²) in [6.07, 6.45) is 3.20. The third-order valence-corrected chi connectivity index (χ3v) is 5.39. The number of carbonyl (C=O) groups excluding carboxylic acids is 2. The fourth-order valence-corrected chi connectivity index (χ4v) is 3.68. The zero-order chi connectivity index (χ0) is 19.7. The summed E-state index contributed by atoms with van der Waals surface area (Å²) in [4.78, 5) is 26.4. The topological polar surface area (TPSA) is 54.3 Å². The summed E-state index contributed by atoms with van der Waals surface area (Å²) < 4.78 is 3.25. The van der Waals surface area contributed by atoms with Crippen molar-refractivity contribution in [1.82, 2.24) is 14.8 Å². The molecule has 1 aromatic heterocycles. The Hall–Kier alpha value is -2.26. The predicted octanol–water partition coefficient (Wildman–Crippen LogP) is 3.51. The first-order valence-electron chi connectivity index (χ1n) is 8.28. The molecule has 0 atom stereocenters. The van der Waals surface area contributed by atoms with E-state index >= 15 is 0 Å². The molecule has 0 radical (unpaired) electrons. The lowest BCUT2D eigenvalue weighted by molar-refractivity contribution is -0.128. The van der Waals surface area contributed by atoms with Crippen LogP contribution in [0.2, 0.25) is 0 Å². The summed E-state index contributed by atoms with van der Waals surface area (Å²) in [5.41, 5.74) is 3.88. The van der Waals surface area contributed by atoms with Gasteiger partial charge in [-0.05, 0) is 90.6 Å². The molecule has 0 saturated carbocycles. The molecule has 138 valence electrons. The Kier molecular flexibility index (Phi) is 5.61. The highest BCUT2D eigenvalue weighted by molar-refractivity contribution is 14.1. The Bertz CT molecular complexity index is 989. The summed E-state index contributed by atoms with van der Waals surface area (Å²) in [6.45, 7) is 7.84. The van der Waals surface area contributed by atoms with E-state index in [1.807, 2.05) is 44.2 Å². The number of nitrogens with zero attached hydrogens (tertiary/aromatic N) is 2. The van der Waals surface area contributed by atoms with Crippen LogP contribution in [0.4, 0.5) is 0 Å². The molecule has 5 nitrogen and oxygen atoms in total. The molecule has 1 aliphatic rings. The summed E-state index contributed by atoms with van der Waals surface area (Å²) in [5.74, 6) is -0.896. The maximum absolute atomic E-state index is 12.7. The van der Waals surface area contributed by atoms with Crippen LogP contribution in [0.15, 0.2) is 48.6 Å². The summed E-state index contributed by atoms with van der Waals surface area (Å²) in [6, 6.07) is 10.1. The minimum atomic E-state index is -0.482. The van der Waals surface area contributed by atoms with Crippen LogP contribution in [0.1, 0.15) is 17.0 Å². The molecular weight excluding hydrogens is 473 g/mol. The van der Waals surface area contributed by atoms with Crippen molar-refractivity contribution in [3.63, 3.8) is 0 Å². The van der Waals surface area contributed by atoms with E-state index in [1.54, 1.807) is 12.2 Å². The van der Waals surface area contributed by atoms with Crippen LogP contribution in [0.25, 0.3) is 11.8 Å². The molecule has 0 unspecified atom stereocenters. The molecule has 0 aliphatic carbocycles. The Labute approximate surface area is 176 Å². The molecule has 1 saturated heterocycles. The van der Waals surface area contributed by atoms with E-state index in [0.29, 0.717) is 0 Å². The average Bonchev–Trinajstić information content (AvgIpc) is 2.90. The first-order chi connectivity index (χ1) is 12.8. The molecule has 0 bridgehead atoms. The van der Waals surface area contributed by atoms with Gasteiger partial charge in [-0.2, -0.15) is 0 Å². The average molecular weight is 491 g/mol. The van der Waals surface area contributed by atoms with Crippen LogP contribution in [0.3, 0.4) is 0 Å². The van der Waals surface area contributed by atoms with Crippen LogP contribution < -0.4 is 5.32 Å². The minimum absolute atomic E-state index is 0.0633. The first-order valence-corrected chi connectivity index (χ1v) is 9.77. The van der Waals surface area contributed by atoms with Gasteiger partial charge in [0.1, 0.15) is 5.57 Å². The number of hydrogen-bond donors (Lipinski definition) is 1. The molecule has 27 heavy (non-hydrogen) atoms. The van der Waals surface area contributed by atoms with Gasteiger partial charge in [-0.1, -0.05) is 6.08 Å². The highest BCUT2D eigenvalue weighted by atomic mass is 127. The summed E-state index contributed by atoms with van der Waals surface area (Å²) >= 11 is 7.35.